The van der Waals surface area contributed by atoms with E-state index in [2.05, 4.69) is 15.1 Å². The number of anilines is 1. The van der Waals surface area contributed by atoms with Crippen LogP contribution in [0, 0.1) is 11.7 Å². The van der Waals surface area contributed by atoms with Gasteiger partial charge in [-0.25, -0.2) is 4.39 Å². The third-order valence-electron chi connectivity index (χ3n) is 4.42. The molecule has 1 aromatic heterocycles. The molecule has 7 heteroatoms. The van der Waals surface area contributed by atoms with Crippen molar-refractivity contribution in [2.24, 2.45) is 11.7 Å². The number of aliphatic hydroxyl groups excluding tert-OH is 1. The van der Waals surface area contributed by atoms with Crippen molar-refractivity contribution in [2.45, 2.75) is 18.9 Å². The lowest BCUT2D eigenvalue weighted by Crippen LogP contribution is -2.36. The van der Waals surface area contributed by atoms with Gasteiger partial charge in [-0.2, -0.15) is 0 Å². The van der Waals surface area contributed by atoms with Gasteiger partial charge in [0.1, 0.15) is 5.82 Å². The highest BCUT2D eigenvalue weighted by Crippen LogP contribution is 2.31. The molecule has 1 fully saturated rings. The quantitative estimate of drug-likeness (QED) is 0.889. The highest BCUT2D eigenvalue weighted by Gasteiger charge is 2.27. The van der Waals surface area contributed by atoms with E-state index in [-0.39, 0.29) is 17.4 Å². The summed E-state index contributed by atoms with van der Waals surface area (Å²) in [6, 6.07) is 9.27. The zero-order valence-corrected chi connectivity index (χ0v) is 13.1. The van der Waals surface area contributed by atoms with Crippen LogP contribution in [0.2, 0.25) is 0 Å². The first-order valence-electron chi connectivity index (χ1n) is 7.86. The molecule has 1 aliphatic rings. The van der Waals surface area contributed by atoms with Crippen LogP contribution in [0.5, 0.6) is 0 Å². The van der Waals surface area contributed by atoms with Gasteiger partial charge < -0.3 is 15.7 Å². The molecule has 1 amide bonds. The minimum atomic E-state index is -0.602. The Hall–Kier alpha value is -2.54. The topological polar surface area (TPSA) is 92.3 Å². The van der Waals surface area contributed by atoms with E-state index >= 15 is 0 Å². The monoisotopic (exact) mass is 330 g/mol. The number of carbonyl (C=O) groups excluding carboxylic acids is 1. The molecule has 2 heterocycles. The minimum absolute atomic E-state index is 0.115. The van der Waals surface area contributed by atoms with Crippen LogP contribution < -0.4 is 10.6 Å². The summed E-state index contributed by atoms with van der Waals surface area (Å²) in [4.78, 5) is 13.1. The van der Waals surface area contributed by atoms with Gasteiger partial charge in [0, 0.05) is 13.1 Å². The molecule has 6 nitrogen and oxygen atoms in total. The van der Waals surface area contributed by atoms with E-state index in [4.69, 9.17) is 5.73 Å². The third-order valence-corrected chi connectivity index (χ3v) is 4.42. The van der Waals surface area contributed by atoms with Gasteiger partial charge in [-0.05, 0) is 48.6 Å². The first kappa shape index (κ1) is 16.3. The molecule has 2 aromatic rings. The van der Waals surface area contributed by atoms with E-state index in [1.807, 2.05) is 0 Å². The molecule has 1 unspecified atom stereocenters. The van der Waals surface area contributed by atoms with Crippen molar-refractivity contribution in [3.63, 3.8) is 0 Å². The lowest BCUT2D eigenvalue weighted by molar-refractivity contribution is 0.0927. The maximum Gasteiger partial charge on any atom is 0.269 e. The van der Waals surface area contributed by atoms with Crippen molar-refractivity contribution in [3.8, 4) is 0 Å². The maximum atomic E-state index is 13.0. The molecule has 0 bridgehead atoms. The molecule has 1 atom stereocenters. The van der Waals surface area contributed by atoms with E-state index < -0.39 is 12.0 Å². The number of primary amides is 1. The number of carbonyl (C=O) groups is 1. The van der Waals surface area contributed by atoms with Crippen LogP contribution in [0.4, 0.5) is 10.2 Å². The molecule has 0 spiro atoms. The summed E-state index contributed by atoms with van der Waals surface area (Å²) in [5, 5.41) is 18.3. The van der Waals surface area contributed by atoms with E-state index in [1.54, 1.807) is 24.3 Å². The second-order valence-corrected chi connectivity index (χ2v) is 5.96. The summed E-state index contributed by atoms with van der Waals surface area (Å²) >= 11 is 0. The average Bonchev–Trinajstić information content (AvgIpc) is 2.62. The van der Waals surface area contributed by atoms with Crippen LogP contribution in [0.3, 0.4) is 0 Å². The Kier molecular flexibility index (Phi) is 4.71. The highest BCUT2D eigenvalue weighted by atomic mass is 19.1. The SMILES string of the molecule is NC(=O)c1ccc(N2CCC(C(O)c3ccc(F)cc3)CC2)nn1. The molecule has 3 N–H and O–H groups in total. The lowest BCUT2D eigenvalue weighted by Gasteiger charge is -2.34. The van der Waals surface area contributed by atoms with Crippen LogP contribution >= 0.6 is 0 Å². The number of aliphatic hydroxyl groups is 1. The zero-order chi connectivity index (χ0) is 17.1. The van der Waals surface area contributed by atoms with Crippen LogP contribution in [0.25, 0.3) is 0 Å². The standard InChI is InChI=1S/C17H19FN4O2/c18-13-3-1-11(2-4-13)16(23)12-7-9-22(10-8-12)15-6-5-14(17(19)24)20-21-15/h1-6,12,16,23H,7-10H2,(H2,19,24). The Morgan fingerprint density at radius 1 is 1.17 bits per heavy atom. The van der Waals surface area contributed by atoms with Gasteiger partial charge in [-0.1, -0.05) is 12.1 Å². The Balaban J connectivity index is 1.60. The maximum absolute atomic E-state index is 13.0. The summed E-state index contributed by atoms with van der Waals surface area (Å²) < 4.78 is 13.0. The van der Waals surface area contributed by atoms with Gasteiger partial charge in [-0.3, -0.25) is 4.79 Å². The van der Waals surface area contributed by atoms with Crippen molar-refractivity contribution in [2.75, 3.05) is 18.0 Å². The van der Waals surface area contributed by atoms with Crippen molar-refractivity contribution >= 4 is 11.7 Å². The highest BCUT2D eigenvalue weighted by molar-refractivity contribution is 5.90. The summed E-state index contributed by atoms with van der Waals surface area (Å²) in [5.74, 6) is -0.104. The van der Waals surface area contributed by atoms with Gasteiger partial charge in [0.2, 0.25) is 0 Å². The number of halogens is 1. The molecule has 24 heavy (non-hydrogen) atoms. The van der Waals surface area contributed by atoms with Crippen LogP contribution in [0.15, 0.2) is 36.4 Å². The summed E-state index contributed by atoms with van der Waals surface area (Å²) in [6.07, 6.45) is 0.978. The fourth-order valence-corrected chi connectivity index (χ4v) is 3.00. The van der Waals surface area contributed by atoms with Crippen LogP contribution in [-0.2, 0) is 0 Å². The number of hydrogen-bond donors (Lipinski definition) is 2. The molecule has 0 saturated carbocycles. The minimum Gasteiger partial charge on any atom is -0.388 e. The number of rotatable bonds is 4. The fraction of sp³-hybridized carbons (Fsp3) is 0.353. The third kappa shape index (κ3) is 3.51. The zero-order valence-electron chi connectivity index (χ0n) is 13.1. The number of amides is 1. The lowest BCUT2D eigenvalue weighted by atomic mass is 9.87. The van der Waals surface area contributed by atoms with Crippen molar-refractivity contribution in [3.05, 3.63) is 53.5 Å². The Morgan fingerprint density at radius 2 is 1.83 bits per heavy atom. The number of benzene rings is 1. The van der Waals surface area contributed by atoms with Gasteiger partial charge in [0.25, 0.3) is 5.91 Å². The van der Waals surface area contributed by atoms with Crippen molar-refractivity contribution in [1.29, 1.82) is 0 Å². The first-order chi connectivity index (χ1) is 11.5. The summed E-state index contributed by atoms with van der Waals surface area (Å²) in [7, 11) is 0. The molecule has 0 aliphatic carbocycles. The fourth-order valence-electron chi connectivity index (χ4n) is 3.00. The number of nitrogens with zero attached hydrogens (tertiary/aromatic N) is 3. The molecular weight excluding hydrogens is 311 g/mol. The molecule has 1 aliphatic heterocycles. The molecule has 1 aromatic carbocycles. The second kappa shape index (κ2) is 6.92. The Morgan fingerprint density at radius 3 is 2.38 bits per heavy atom. The average molecular weight is 330 g/mol. The first-order valence-corrected chi connectivity index (χ1v) is 7.86. The predicted octanol–water partition coefficient (Wildman–Crippen LogP) is 1.66. The van der Waals surface area contributed by atoms with Gasteiger partial charge in [0.15, 0.2) is 11.5 Å². The second-order valence-electron chi connectivity index (χ2n) is 5.96. The van der Waals surface area contributed by atoms with Gasteiger partial charge in [-0.15, -0.1) is 10.2 Å². The molecular formula is C17H19FN4O2. The normalized spacial score (nSPS) is 16.8. The van der Waals surface area contributed by atoms with Crippen molar-refractivity contribution < 1.29 is 14.3 Å². The Labute approximate surface area is 139 Å². The van der Waals surface area contributed by atoms with Gasteiger partial charge >= 0.3 is 0 Å². The number of aromatic nitrogens is 2. The summed E-state index contributed by atoms with van der Waals surface area (Å²) in [5.41, 5.74) is 6.03. The number of hydrogen-bond acceptors (Lipinski definition) is 5. The Bertz CT molecular complexity index is 698. The molecule has 0 radical (unpaired) electrons. The predicted molar refractivity (Wildman–Crippen MR) is 86.8 cm³/mol. The van der Waals surface area contributed by atoms with E-state index in [0.717, 1.165) is 31.5 Å². The van der Waals surface area contributed by atoms with Crippen LogP contribution in [0.1, 0.15) is 35.0 Å². The van der Waals surface area contributed by atoms with Crippen LogP contribution in [-0.4, -0.2) is 34.3 Å². The largest absolute Gasteiger partial charge is 0.388 e. The number of nitrogens with two attached hydrogens (primary N) is 1. The molecule has 1 saturated heterocycles. The number of piperidine rings is 1. The van der Waals surface area contributed by atoms with Gasteiger partial charge in [0.05, 0.1) is 6.10 Å². The van der Waals surface area contributed by atoms with E-state index in [0.29, 0.717) is 5.82 Å². The van der Waals surface area contributed by atoms with E-state index in [9.17, 15) is 14.3 Å². The van der Waals surface area contributed by atoms with Crippen molar-refractivity contribution in [1.82, 2.24) is 10.2 Å². The molecule has 3 rings (SSSR count). The summed E-state index contributed by atoms with van der Waals surface area (Å²) in [6.45, 7) is 1.46. The van der Waals surface area contributed by atoms with E-state index in [1.165, 1.54) is 12.1 Å². The smallest absolute Gasteiger partial charge is 0.269 e. The molecule has 126 valence electrons.